The molecule has 18 heavy (non-hydrogen) atoms. The minimum Gasteiger partial charge on any atom is -0.382 e. The fourth-order valence-electron chi connectivity index (χ4n) is 1.64. The van der Waals surface area contributed by atoms with Gasteiger partial charge in [-0.25, -0.2) is 0 Å². The summed E-state index contributed by atoms with van der Waals surface area (Å²) in [5, 5.41) is 0. The Balaban J connectivity index is 2.51. The van der Waals surface area contributed by atoms with Crippen LogP contribution in [0.1, 0.15) is 42.6 Å². The van der Waals surface area contributed by atoms with Crippen LogP contribution in [0.15, 0.2) is 24.3 Å². The highest BCUT2D eigenvalue weighted by Crippen LogP contribution is 2.15. The maximum absolute atomic E-state index is 11.9. The summed E-state index contributed by atoms with van der Waals surface area (Å²) in [6.45, 7) is 6.75. The number of hydrogen-bond donors (Lipinski definition) is 0. The predicted octanol–water partition coefficient (Wildman–Crippen LogP) is 3.04. The van der Waals surface area contributed by atoms with Gasteiger partial charge in [-0.05, 0) is 18.4 Å². The molecule has 0 N–H and O–H groups in total. The smallest absolute Gasteiger partial charge is 0.188 e. The maximum atomic E-state index is 11.9. The second kappa shape index (κ2) is 7.29. The van der Waals surface area contributed by atoms with Gasteiger partial charge in [-0.3, -0.25) is 4.79 Å². The Morgan fingerprint density at radius 2 is 1.78 bits per heavy atom. The lowest BCUT2D eigenvalue weighted by Gasteiger charge is -2.11. The summed E-state index contributed by atoms with van der Waals surface area (Å²) in [5.41, 5.74) is 1.93. The molecule has 3 nitrogen and oxygen atoms in total. The van der Waals surface area contributed by atoms with E-state index in [9.17, 15) is 4.79 Å². The number of methoxy groups -OCH3 is 1. The highest BCUT2D eigenvalue weighted by molar-refractivity contribution is 5.97. The largest absolute Gasteiger partial charge is 0.382 e. The van der Waals surface area contributed by atoms with E-state index >= 15 is 0 Å². The van der Waals surface area contributed by atoms with Crippen LogP contribution in [0, 0.1) is 0 Å². The lowest BCUT2D eigenvalue weighted by atomic mass is 10.0. The Labute approximate surface area is 109 Å². The SMILES string of the molecule is COCC(C)OCC(=O)c1ccc(C(C)C)cc1. The van der Waals surface area contributed by atoms with Crippen molar-refractivity contribution in [3.8, 4) is 0 Å². The van der Waals surface area contributed by atoms with Gasteiger partial charge in [-0.15, -0.1) is 0 Å². The molecular weight excluding hydrogens is 228 g/mol. The first-order valence-corrected chi connectivity index (χ1v) is 6.28. The number of carbonyl (C=O) groups excluding carboxylic acids is 1. The Bertz CT molecular complexity index is 368. The van der Waals surface area contributed by atoms with E-state index in [2.05, 4.69) is 13.8 Å². The fraction of sp³-hybridized carbons (Fsp3) is 0.533. The van der Waals surface area contributed by atoms with Crippen LogP contribution in [0.3, 0.4) is 0 Å². The minimum atomic E-state index is -0.0612. The van der Waals surface area contributed by atoms with Crippen molar-refractivity contribution in [1.29, 1.82) is 0 Å². The zero-order valence-corrected chi connectivity index (χ0v) is 11.6. The molecule has 0 bridgehead atoms. The average Bonchev–Trinajstić information content (AvgIpc) is 2.36. The first-order chi connectivity index (χ1) is 8.54. The number of ketones is 1. The summed E-state index contributed by atoms with van der Waals surface area (Å²) in [7, 11) is 1.62. The van der Waals surface area contributed by atoms with Crippen LogP contribution >= 0.6 is 0 Å². The van der Waals surface area contributed by atoms with Crippen molar-refractivity contribution in [2.45, 2.75) is 32.8 Å². The number of hydrogen-bond acceptors (Lipinski definition) is 3. The number of carbonyl (C=O) groups is 1. The zero-order chi connectivity index (χ0) is 13.5. The molecule has 0 fully saturated rings. The van der Waals surface area contributed by atoms with Gasteiger partial charge in [0, 0.05) is 12.7 Å². The molecule has 1 unspecified atom stereocenters. The molecule has 3 heteroatoms. The summed E-state index contributed by atoms with van der Waals surface area (Å²) in [4.78, 5) is 11.9. The first kappa shape index (κ1) is 14.9. The quantitative estimate of drug-likeness (QED) is 0.698. The van der Waals surface area contributed by atoms with Gasteiger partial charge in [0.25, 0.3) is 0 Å². The Hall–Kier alpha value is -1.19. The normalized spacial score (nSPS) is 12.7. The van der Waals surface area contributed by atoms with Crippen LogP contribution in [0.2, 0.25) is 0 Å². The van der Waals surface area contributed by atoms with Gasteiger partial charge >= 0.3 is 0 Å². The summed E-state index contributed by atoms with van der Waals surface area (Å²) in [5.74, 6) is 0.486. The number of rotatable bonds is 7. The molecule has 1 atom stereocenters. The highest BCUT2D eigenvalue weighted by atomic mass is 16.5. The lowest BCUT2D eigenvalue weighted by Crippen LogP contribution is -2.19. The van der Waals surface area contributed by atoms with E-state index in [-0.39, 0.29) is 18.5 Å². The third-order valence-electron chi connectivity index (χ3n) is 2.80. The van der Waals surface area contributed by atoms with Crippen LogP contribution in [0.5, 0.6) is 0 Å². The Morgan fingerprint density at radius 1 is 1.17 bits per heavy atom. The Morgan fingerprint density at radius 3 is 2.28 bits per heavy atom. The molecule has 0 heterocycles. The molecule has 0 aliphatic rings. The minimum absolute atomic E-state index is 0.00765. The molecule has 1 aromatic carbocycles. The Kier molecular flexibility index (Phi) is 6.02. The van der Waals surface area contributed by atoms with Gasteiger partial charge in [-0.2, -0.15) is 0 Å². The highest BCUT2D eigenvalue weighted by Gasteiger charge is 2.09. The van der Waals surface area contributed by atoms with Gasteiger partial charge in [0.05, 0.1) is 12.7 Å². The van der Waals surface area contributed by atoms with E-state index in [1.165, 1.54) is 5.56 Å². The molecule has 0 aliphatic heterocycles. The van der Waals surface area contributed by atoms with E-state index < -0.39 is 0 Å². The number of benzene rings is 1. The third-order valence-corrected chi connectivity index (χ3v) is 2.80. The summed E-state index contributed by atoms with van der Waals surface area (Å²) in [6, 6.07) is 7.72. The first-order valence-electron chi connectivity index (χ1n) is 6.28. The standard InChI is InChI=1S/C15H22O3/c1-11(2)13-5-7-14(8-6-13)15(16)10-18-12(3)9-17-4/h5-8,11-12H,9-10H2,1-4H3. The van der Waals surface area contributed by atoms with E-state index in [4.69, 9.17) is 9.47 Å². The molecule has 100 valence electrons. The van der Waals surface area contributed by atoms with E-state index in [1.54, 1.807) is 7.11 Å². The summed E-state index contributed by atoms with van der Waals surface area (Å²) >= 11 is 0. The average molecular weight is 250 g/mol. The number of ether oxygens (including phenoxy) is 2. The molecule has 0 radical (unpaired) electrons. The molecule has 0 aliphatic carbocycles. The van der Waals surface area contributed by atoms with Crippen molar-refractivity contribution in [2.75, 3.05) is 20.3 Å². The van der Waals surface area contributed by atoms with Crippen molar-refractivity contribution in [3.63, 3.8) is 0 Å². The molecule has 1 aromatic rings. The van der Waals surface area contributed by atoms with Gasteiger partial charge in [0.2, 0.25) is 0 Å². The predicted molar refractivity (Wildman–Crippen MR) is 72.2 cm³/mol. The molecule has 0 saturated carbocycles. The van der Waals surface area contributed by atoms with Crippen LogP contribution in [-0.4, -0.2) is 32.2 Å². The molecule has 0 amide bonds. The van der Waals surface area contributed by atoms with Gasteiger partial charge < -0.3 is 9.47 Å². The van der Waals surface area contributed by atoms with Crippen LogP contribution in [0.25, 0.3) is 0 Å². The monoisotopic (exact) mass is 250 g/mol. The molecule has 0 aromatic heterocycles. The summed E-state index contributed by atoms with van der Waals surface area (Å²) in [6.07, 6.45) is -0.0612. The van der Waals surface area contributed by atoms with E-state index in [0.29, 0.717) is 18.1 Å². The van der Waals surface area contributed by atoms with Crippen molar-refractivity contribution >= 4 is 5.78 Å². The fourth-order valence-corrected chi connectivity index (χ4v) is 1.64. The second-order valence-corrected chi connectivity index (χ2v) is 4.78. The van der Waals surface area contributed by atoms with Crippen molar-refractivity contribution in [2.24, 2.45) is 0 Å². The van der Waals surface area contributed by atoms with Gasteiger partial charge in [0.15, 0.2) is 5.78 Å². The molecule has 0 saturated heterocycles. The third kappa shape index (κ3) is 4.59. The van der Waals surface area contributed by atoms with E-state index in [1.807, 2.05) is 31.2 Å². The molecule has 0 spiro atoms. The number of Topliss-reactive ketones (excluding diaryl/α,β-unsaturated/α-hetero) is 1. The van der Waals surface area contributed by atoms with Gasteiger partial charge in [-0.1, -0.05) is 38.1 Å². The van der Waals surface area contributed by atoms with Crippen LogP contribution < -0.4 is 0 Å². The zero-order valence-electron chi connectivity index (χ0n) is 11.6. The van der Waals surface area contributed by atoms with Crippen molar-refractivity contribution in [1.82, 2.24) is 0 Å². The second-order valence-electron chi connectivity index (χ2n) is 4.78. The topological polar surface area (TPSA) is 35.5 Å². The lowest BCUT2D eigenvalue weighted by molar-refractivity contribution is 0.0125. The van der Waals surface area contributed by atoms with E-state index in [0.717, 1.165) is 0 Å². The maximum Gasteiger partial charge on any atom is 0.188 e. The van der Waals surface area contributed by atoms with Crippen molar-refractivity contribution in [3.05, 3.63) is 35.4 Å². The van der Waals surface area contributed by atoms with Gasteiger partial charge in [0.1, 0.15) is 6.61 Å². The molecule has 1 rings (SSSR count). The van der Waals surface area contributed by atoms with Crippen LogP contribution in [-0.2, 0) is 9.47 Å². The van der Waals surface area contributed by atoms with Crippen LogP contribution in [0.4, 0.5) is 0 Å². The molecular formula is C15H22O3. The van der Waals surface area contributed by atoms with Crippen molar-refractivity contribution < 1.29 is 14.3 Å². The summed E-state index contributed by atoms with van der Waals surface area (Å²) < 4.78 is 10.3.